The number of amides is 1. The molecule has 6 heteroatoms. The predicted octanol–water partition coefficient (Wildman–Crippen LogP) is 1.33. The predicted molar refractivity (Wildman–Crippen MR) is 79.4 cm³/mol. The topological polar surface area (TPSA) is 81.9 Å². The second-order valence-electron chi connectivity index (χ2n) is 5.39. The number of nitrogen functional groups attached to an aromatic ring is 1. The van der Waals surface area contributed by atoms with Crippen molar-refractivity contribution in [3.63, 3.8) is 0 Å². The molecular formula is C15H20N2O4. The quantitative estimate of drug-likeness (QED) is 0.668. The minimum Gasteiger partial charge on any atom is -0.465 e. The third kappa shape index (κ3) is 2.25. The minimum absolute atomic E-state index is 0.0315. The molecule has 0 spiro atoms. The molecule has 1 atom stereocenters. The van der Waals surface area contributed by atoms with Gasteiger partial charge in [-0.25, -0.2) is 4.79 Å². The van der Waals surface area contributed by atoms with Crippen LogP contribution >= 0.6 is 0 Å². The average molecular weight is 292 g/mol. The second kappa shape index (κ2) is 5.37. The van der Waals surface area contributed by atoms with E-state index in [2.05, 4.69) is 0 Å². The van der Waals surface area contributed by atoms with Gasteiger partial charge in [0.2, 0.25) is 5.91 Å². The lowest BCUT2D eigenvalue weighted by Crippen LogP contribution is -2.37. The van der Waals surface area contributed by atoms with Crippen LogP contribution in [0.25, 0.3) is 0 Å². The molecule has 1 aliphatic rings. The molecule has 0 saturated carbocycles. The summed E-state index contributed by atoms with van der Waals surface area (Å²) >= 11 is 0. The number of likely N-dealkylation sites (N-methyl/N-ethyl adjacent to an activating group) is 1. The maximum atomic E-state index is 12.6. The zero-order valence-electron chi connectivity index (χ0n) is 12.7. The number of methoxy groups -OCH3 is 2. The lowest BCUT2D eigenvalue weighted by molar-refractivity contribution is -0.123. The zero-order chi connectivity index (χ0) is 15.8. The van der Waals surface area contributed by atoms with Crippen LogP contribution in [0.3, 0.4) is 0 Å². The number of nitrogens with zero attached hydrogens (tertiary/aromatic N) is 1. The van der Waals surface area contributed by atoms with Gasteiger partial charge in [0.1, 0.15) is 0 Å². The molecule has 6 nitrogen and oxygen atoms in total. The maximum Gasteiger partial charge on any atom is 0.340 e. The Labute approximate surface area is 123 Å². The standard InChI is InChI=1S/C15H20N2O4/c1-15(5-6-20-3)10-8-11(16)9(13(18)21-4)7-12(10)17(2)14(15)19/h7-8H,5-6,16H2,1-4H3. The van der Waals surface area contributed by atoms with Gasteiger partial charge in [-0.15, -0.1) is 0 Å². The molecule has 0 radical (unpaired) electrons. The van der Waals surface area contributed by atoms with Crippen LogP contribution in [0, 0.1) is 0 Å². The van der Waals surface area contributed by atoms with Crippen molar-refractivity contribution in [2.45, 2.75) is 18.8 Å². The van der Waals surface area contributed by atoms with Crippen LogP contribution in [-0.4, -0.2) is 39.8 Å². The SMILES string of the molecule is COCCC1(C)C(=O)N(C)c2cc(C(=O)OC)c(N)cc21. The number of carbonyl (C=O) groups excluding carboxylic acids is 2. The van der Waals surface area contributed by atoms with Crippen LogP contribution in [0.15, 0.2) is 12.1 Å². The third-order valence-corrected chi connectivity index (χ3v) is 4.11. The number of ether oxygens (including phenoxy) is 2. The molecule has 0 fully saturated rings. The Morgan fingerprint density at radius 3 is 2.62 bits per heavy atom. The molecule has 2 rings (SSSR count). The van der Waals surface area contributed by atoms with Gasteiger partial charge in [0.15, 0.2) is 0 Å². The Kier molecular flexibility index (Phi) is 3.91. The molecule has 0 bridgehead atoms. The number of benzene rings is 1. The van der Waals surface area contributed by atoms with Crippen LogP contribution in [-0.2, 0) is 19.7 Å². The Morgan fingerprint density at radius 1 is 1.38 bits per heavy atom. The van der Waals surface area contributed by atoms with Gasteiger partial charge >= 0.3 is 5.97 Å². The Bertz CT molecular complexity index is 600. The van der Waals surface area contributed by atoms with Crippen molar-refractivity contribution in [2.75, 3.05) is 38.5 Å². The van der Waals surface area contributed by atoms with E-state index in [1.807, 2.05) is 6.92 Å². The number of anilines is 2. The fourth-order valence-electron chi connectivity index (χ4n) is 2.75. The highest BCUT2D eigenvalue weighted by Gasteiger charge is 2.46. The molecule has 1 aromatic rings. The first-order valence-electron chi connectivity index (χ1n) is 6.66. The highest BCUT2D eigenvalue weighted by molar-refractivity contribution is 6.09. The van der Waals surface area contributed by atoms with Gasteiger partial charge in [0.25, 0.3) is 0 Å². The van der Waals surface area contributed by atoms with Gasteiger partial charge < -0.3 is 20.1 Å². The van der Waals surface area contributed by atoms with Gasteiger partial charge in [-0.3, -0.25) is 4.79 Å². The third-order valence-electron chi connectivity index (χ3n) is 4.11. The maximum absolute atomic E-state index is 12.6. The van der Waals surface area contributed by atoms with Gasteiger partial charge in [-0.05, 0) is 31.0 Å². The van der Waals surface area contributed by atoms with Crippen molar-refractivity contribution in [3.05, 3.63) is 23.3 Å². The van der Waals surface area contributed by atoms with Crippen LogP contribution in [0.5, 0.6) is 0 Å². The number of carbonyl (C=O) groups is 2. The van der Waals surface area contributed by atoms with E-state index < -0.39 is 11.4 Å². The van der Waals surface area contributed by atoms with Gasteiger partial charge in [0, 0.05) is 32.1 Å². The molecular weight excluding hydrogens is 272 g/mol. The Hall–Kier alpha value is -2.08. The molecule has 1 aliphatic heterocycles. The second-order valence-corrected chi connectivity index (χ2v) is 5.39. The number of esters is 1. The van der Waals surface area contributed by atoms with E-state index in [1.54, 1.807) is 31.2 Å². The van der Waals surface area contributed by atoms with Crippen LogP contribution in [0.2, 0.25) is 0 Å². The highest BCUT2D eigenvalue weighted by atomic mass is 16.5. The Balaban J connectivity index is 2.56. The summed E-state index contributed by atoms with van der Waals surface area (Å²) in [5, 5.41) is 0. The van der Waals surface area contributed by atoms with Crippen molar-refractivity contribution in [3.8, 4) is 0 Å². The smallest absolute Gasteiger partial charge is 0.340 e. The minimum atomic E-state index is -0.692. The fraction of sp³-hybridized carbons (Fsp3) is 0.467. The molecule has 1 aromatic carbocycles. The summed E-state index contributed by atoms with van der Waals surface area (Å²) in [4.78, 5) is 25.8. The van der Waals surface area contributed by atoms with Crippen molar-refractivity contribution in [1.82, 2.24) is 0 Å². The Morgan fingerprint density at radius 2 is 2.05 bits per heavy atom. The van der Waals surface area contributed by atoms with Crippen molar-refractivity contribution in [2.24, 2.45) is 0 Å². The normalized spacial score (nSPS) is 20.6. The number of rotatable bonds is 4. The molecule has 21 heavy (non-hydrogen) atoms. The lowest BCUT2D eigenvalue weighted by Gasteiger charge is -2.23. The number of nitrogens with two attached hydrogens (primary N) is 1. The van der Waals surface area contributed by atoms with Crippen molar-refractivity contribution < 1.29 is 19.1 Å². The van der Waals surface area contributed by atoms with Crippen molar-refractivity contribution >= 4 is 23.3 Å². The summed E-state index contributed by atoms with van der Waals surface area (Å²) in [6.07, 6.45) is 0.552. The molecule has 0 saturated heterocycles. The average Bonchev–Trinajstić information content (AvgIpc) is 2.66. The monoisotopic (exact) mass is 292 g/mol. The lowest BCUT2D eigenvalue weighted by atomic mass is 9.80. The fourth-order valence-corrected chi connectivity index (χ4v) is 2.75. The van der Waals surface area contributed by atoms with Gasteiger partial charge in [-0.1, -0.05) is 0 Å². The molecule has 1 unspecified atom stereocenters. The highest BCUT2D eigenvalue weighted by Crippen LogP contribution is 2.45. The van der Waals surface area contributed by atoms with E-state index in [-0.39, 0.29) is 11.5 Å². The first-order chi connectivity index (χ1) is 9.86. The summed E-state index contributed by atoms with van der Waals surface area (Å²) < 4.78 is 9.81. The number of hydrogen-bond acceptors (Lipinski definition) is 5. The van der Waals surface area contributed by atoms with E-state index >= 15 is 0 Å². The first kappa shape index (κ1) is 15.3. The molecule has 0 aromatic heterocycles. The number of hydrogen-bond donors (Lipinski definition) is 1. The first-order valence-corrected chi connectivity index (χ1v) is 6.66. The van der Waals surface area contributed by atoms with E-state index in [0.717, 1.165) is 5.56 Å². The largest absolute Gasteiger partial charge is 0.465 e. The van der Waals surface area contributed by atoms with E-state index in [4.69, 9.17) is 15.2 Å². The molecule has 1 amide bonds. The molecule has 0 aliphatic carbocycles. The van der Waals surface area contributed by atoms with E-state index in [0.29, 0.717) is 24.4 Å². The van der Waals surface area contributed by atoms with Gasteiger partial charge in [-0.2, -0.15) is 0 Å². The summed E-state index contributed by atoms with van der Waals surface area (Å²) in [5.74, 6) is -0.544. The molecule has 2 N–H and O–H groups in total. The zero-order valence-corrected chi connectivity index (χ0v) is 12.7. The summed E-state index contributed by atoms with van der Waals surface area (Å²) in [6, 6.07) is 3.31. The van der Waals surface area contributed by atoms with E-state index in [1.165, 1.54) is 7.11 Å². The van der Waals surface area contributed by atoms with Crippen LogP contribution in [0.1, 0.15) is 29.3 Å². The molecule has 1 heterocycles. The number of fused-ring (bicyclic) bond motifs is 1. The molecule has 114 valence electrons. The summed E-state index contributed by atoms with van der Waals surface area (Å²) in [7, 11) is 4.59. The van der Waals surface area contributed by atoms with Crippen LogP contribution < -0.4 is 10.6 Å². The van der Waals surface area contributed by atoms with Gasteiger partial charge in [0.05, 0.1) is 18.1 Å². The van der Waals surface area contributed by atoms with Crippen molar-refractivity contribution in [1.29, 1.82) is 0 Å². The summed E-state index contributed by atoms with van der Waals surface area (Å²) in [5.41, 5.74) is 7.34. The van der Waals surface area contributed by atoms with Crippen LogP contribution in [0.4, 0.5) is 11.4 Å². The van der Waals surface area contributed by atoms with E-state index in [9.17, 15) is 9.59 Å². The summed E-state index contributed by atoms with van der Waals surface area (Å²) in [6.45, 7) is 2.34.